The molecule has 0 aromatic heterocycles. The van der Waals surface area contributed by atoms with E-state index in [4.69, 9.17) is 11.6 Å². The number of benzene rings is 1. The molecule has 2 aliphatic rings. The molecule has 0 saturated carbocycles. The maximum absolute atomic E-state index is 14.2. The summed E-state index contributed by atoms with van der Waals surface area (Å²) < 4.78 is 57.0. The molecule has 0 fully saturated rings. The maximum Gasteiger partial charge on any atom is 0.573 e. The van der Waals surface area contributed by atoms with Crippen molar-refractivity contribution in [2.45, 2.75) is 26.3 Å². The molecule has 162 valence electrons. The Hall–Kier alpha value is -3.13. The van der Waals surface area contributed by atoms with Gasteiger partial charge in [-0.2, -0.15) is 0 Å². The third-order valence-corrected chi connectivity index (χ3v) is 4.60. The van der Waals surface area contributed by atoms with E-state index in [1.54, 1.807) is 29.1 Å². The minimum atomic E-state index is -4.82. The van der Waals surface area contributed by atoms with Gasteiger partial charge in [-0.1, -0.05) is 36.4 Å². The number of hydrogen-bond donors (Lipinski definition) is 0. The third-order valence-electron chi connectivity index (χ3n) is 4.31. The summed E-state index contributed by atoms with van der Waals surface area (Å²) in [5.74, 6) is -0.674. The summed E-state index contributed by atoms with van der Waals surface area (Å²) in [7, 11) is 0. The maximum atomic E-state index is 14.2. The summed E-state index contributed by atoms with van der Waals surface area (Å²) in [6.45, 7) is 5.63. The molecule has 3 rings (SSSR count). The van der Waals surface area contributed by atoms with Gasteiger partial charge in [0.1, 0.15) is 17.3 Å². The van der Waals surface area contributed by atoms with Crippen molar-refractivity contribution < 1.29 is 22.3 Å². The number of allylic oxidation sites excluding steroid dienone is 5. The zero-order chi connectivity index (χ0) is 22.6. The Morgan fingerprint density at radius 2 is 1.97 bits per heavy atom. The van der Waals surface area contributed by atoms with E-state index < -0.39 is 17.9 Å². The number of nitrogens with zero attached hydrogens (tertiary/aromatic N) is 3. The Morgan fingerprint density at radius 3 is 2.61 bits per heavy atom. The number of halogens is 5. The zero-order valence-electron chi connectivity index (χ0n) is 16.5. The van der Waals surface area contributed by atoms with E-state index >= 15 is 0 Å². The summed E-state index contributed by atoms with van der Waals surface area (Å²) in [5.41, 5.74) is 2.14. The van der Waals surface area contributed by atoms with E-state index in [-0.39, 0.29) is 10.8 Å². The van der Waals surface area contributed by atoms with Crippen LogP contribution in [-0.4, -0.2) is 20.9 Å². The van der Waals surface area contributed by atoms with Crippen molar-refractivity contribution >= 4 is 17.2 Å². The Kier molecular flexibility index (Phi) is 6.80. The van der Waals surface area contributed by atoms with E-state index in [2.05, 4.69) is 21.3 Å². The quantitative estimate of drug-likeness (QED) is 0.225. The topological polar surface area (TPSA) is 39.9 Å². The first-order valence-corrected chi connectivity index (χ1v) is 9.58. The fourth-order valence-corrected chi connectivity index (χ4v) is 3.14. The van der Waals surface area contributed by atoms with Gasteiger partial charge in [-0.15, -0.1) is 13.2 Å². The summed E-state index contributed by atoms with van der Waals surface area (Å²) in [4.78, 5) is 8.82. The number of aromatic nitrogens is 3. The SMILES string of the molecule is C=C/C(F)=C(\C/C=C\C)c1nc2ccn(Cc3ccc(OC(F)(F)F)c(Cl)c3)cc-2n1. The van der Waals surface area contributed by atoms with Crippen LogP contribution in [0.25, 0.3) is 17.0 Å². The van der Waals surface area contributed by atoms with Gasteiger partial charge < -0.3 is 9.30 Å². The number of imidazole rings is 1. The van der Waals surface area contributed by atoms with Crippen LogP contribution in [0, 0.1) is 0 Å². The molecule has 0 aliphatic carbocycles. The second kappa shape index (κ2) is 9.34. The molecule has 0 spiro atoms. The Labute approximate surface area is 181 Å². The van der Waals surface area contributed by atoms with Gasteiger partial charge in [-0.05, 0) is 43.2 Å². The third kappa shape index (κ3) is 5.73. The predicted octanol–water partition coefficient (Wildman–Crippen LogP) is 6.82. The Balaban J connectivity index is 1.86. The van der Waals surface area contributed by atoms with Crippen LogP contribution in [0.5, 0.6) is 5.75 Å². The van der Waals surface area contributed by atoms with Crippen molar-refractivity contribution in [3.63, 3.8) is 0 Å². The molecule has 31 heavy (non-hydrogen) atoms. The largest absolute Gasteiger partial charge is 0.573 e. The highest BCUT2D eigenvalue weighted by Gasteiger charge is 2.32. The second-order valence-corrected chi connectivity index (χ2v) is 6.96. The summed E-state index contributed by atoms with van der Waals surface area (Å²) in [5, 5.41) is -0.148. The molecule has 2 heterocycles. The molecular formula is C22H18ClF4N3O. The molecule has 1 aromatic rings. The average Bonchev–Trinajstić information content (AvgIpc) is 3.12. The molecule has 0 bridgehead atoms. The number of fused-ring (bicyclic) bond motifs is 1. The molecule has 4 nitrogen and oxygen atoms in total. The lowest BCUT2D eigenvalue weighted by Gasteiger charge is -2.12. The van der Waals surface area contributed by atoms with Crippen molar-refractivity contribution in [1.82, 2.24) is 14.5 Å². The van der Waals surface area contributed by atoms with Crippen molar-refractivity contribution in [3.8, 4) is 17.1 Å². The number of ether oxygens (including phenoxy) is 1. The van der Waals surface area contributed by atoms with Gasteiger partial charge in [0.15, 0.2) is 5.82 Å². The molecular weight excluding hydrogens is 434 g/mol. The molecule has 0 unspecified atom stereocenters. The molecule has 0 radical (unpaired) electrons. The lowest BCUT2D eigenvalue weighted by atomic mass is 10.1. The smallest absolute Gasteiger partial charge is 0.404 e. The van der Waals surface area contributed by atoms with Crippen LogP contribution in [0.1, 0.15) is 24.7 Å². The van der Waals surface area contributed by atoms with Gasteiger partial charge in [-0.3, -0.25) is 0 Å². The van der Waals surface area contributed by atoms with Gasteiger partial charge in [-0.25, -0.2) is 14.4 Å². The summed E-state index contributed by atoms with van der Waals surface area (Å²) in [6.07, 6.45) is 3.71. The van der Waals surface area contributed by atoms with Crippen LogP contribution in [0.2, 0.25) is 5.02 Å². The van der Waals surface area contributed by atoms with Crippen LogP contribution < -0.4 is 4.74 Å². The molecule has 0 atom stereocenters. The van der Waals surface area contributed by atoms with E-state index in [1.165, 1.54) is 18.2 Å². The average molecular weight is 452 g/mol. The van der Waals surface area contributed by atoms with E-state index in [0.29, 0.717) is 35.5 Å². The highest BCUT2D eigenvalue weighted by molar-refractivity contribution is 6.32. The van der Waals surface area contributed by atoms with Crippen LogP contribution in [0.3, 0.4) is 0 Å². The highest BCUT2D eigenvalue weighted by atomic mass is 35.5. The van der Waals surface area contributed by atoms with Crippen molar-refractivity contribution in [1.29, 1.82) is 0 Å². The van der Waals surface area contributed by atoms with Crippen LogP contribution >= 0.6 is 11.6 Å². The number of pyridine rings is 1. The van der Waals surface area contributed by atoms with E-state index in [0.717, 1.165) is 6.08 Å². The van der Waals surface area contributed by atoms with Crippen molar-refractivity contribution in [3.05, 3.63) is 83.7 Å². The number of alkyl halides is 3. The van der Waals surface area contributed by atoms with Crippen molar-refractivity contribution in [2.24, 2.45) is 0 Å². The molecule has 1 aromatic carbocycles. The van der Waals surface area contributed by atoms with Crippen LogP contribution in [-0.2, 0) is 6.54 Å². The molecule has 9 heteroatoms. The van der Waals surface area contributed by atoms with Crippen molar-refractivity contribution in [2.75, 3.05) is 0 Å². The second-order valence-electron chi connectivity index (χ2n) is 6.55. The summed E-state index contributed by atoms with van der Waals surface area (Å²) >= 11 is 5.91. The molecule has 0 amide bonds. The van der Waals surface area contributed by atoms with Gasteiger partial charge in [0.05, 0.1) is 10.7 Å². The van der Waals surface area contributed by atoms with Gasteiger partial charge >= 0.3 is 6.36 Å². The highest BCUT2D eigenvalue weighted by Crippen LogP contribution is 2.31. The number of rotatable bonds is 7. The van der Waals surface area contributed by atoms with E-state index in [1.807, 2.05) is 13.0 Å². The fraction of sp³-hybridized carbons (Fsp3) is 0.182. The predicted molar refractivity (Wildman–Crippen MR) is 112 cm³/mol. The fourth-order valence-electron chi connectivity index (χ4n) is 2.90. The standard InChI is InChI=1S/C22H18ClF4N3O/c1-3-5-6-15(17(24)4-2)21-28-18-9-10-30(13-19(18)29-21)12-14-7-8-20(16(23)11-14)31-22(25,26)27/h3-5,7-11,13H,2,6,12H2,1H3/b5-3-,17-15-. The lowest BCUT2D eigenvalue weighted by molar-refractivity contribution is -0.274. The Morgan fingerprint density at radius 1 is 1.23 bits per heavy atom. The first-order chi connectivity index (χ1) is 14.7. The zero-order valence-corrected chi connectivity index (χ0v) is 17.2. The van der Waals surface area contributed by atoms with Crippen LogP contribution in [0.4, 0.5) is 17.6 Å². The van der Waals surface area contributed by atoms with Gasteiger partial charge in [0.25, 0.3) is 0 Å². The molecule has 0 saturated heterocycles. The lowest BCUT2D eigenvalue weighted by Crippen LogP contribution is -2.17. The minimum Gasteiger partial charge on any atom is -0.404 e. The first-order valence-electron chi connectivity index (χ1n) is 9.20. The molecule has 0 N–H and O–H groups in total. The minimum absolute atomic E-state index is 0.148. The van der Waals surface area contributed by atoms with Gasteiger partial charge in [0, 0.05) is 24.5 Å². The summed E-state index contributed by atoms with van der Waals surface area (Å²) in [6, 6.07) is 5.79. The number of hydrogen-bond acceptors (Lipinski definition) is 3. The monoisotopic (exact) mass is 451 g/mol. The van der Waals surface area contributed by atoms with Crippen LogP contribution in [0.15, 0.2) is 67.3 Å². The first kappa shape index (κ1) is 22.6. The Bertz CT molecular complexity index is 1120. The molecule has 2 aliphatic heterocycles. The van der Waals surface area contributed by atoms with E-state index in [9.17, 15) is 17.6 Å². The van der Waals surface area contributed by atoms with Gasteiger partial charge in [0.2, 0.25) is 0 Å². The normalized spacial score (nSPS) is 13.0.